The third-order valence-corrected chi connectivity index (χ3v) is 3.16. The molecule has 1 atom stereocenters. The highest BCUT2D eigenvalue weighted by Gasteiger charge is 2.25. The van der Waals surface area contributed by atoms with Crippen molar-refractivity contribution >= 4 is 5.91 Å². The molecule has 0 aromatic heterocycles. The Morgan fingerprint density at radius 1 is 1.31 bits per heavy atom. The van der Waals surface area contributed by atoms with Gasteiger partial charge in [-0.25, -0.2) is 0 Å². The minimum Gasteiger partial charge on any atom is -0.354 e. The molecule has 1 amide bonds. The second-order valence-electron chi connectivity index (χ2n) is 4.17. The van der Waals surface area contributed by atoms with E-state index < -0.39 is 0 Å². The Bertz CT molecular complexity index is 183. The van der Waals surface area contributed by atoms with Gasteiger partial charge in [-0.1, -0.05) is 6.42 Å². The molecule has 1 aliphatic carbocycles. The summed E-state index contributed by atoms with van der Waals surface area (Å²) in [6, 6.07) is 0.532. The van der Waals surface area contributed by atoms with Crippen LogP contribution in [0.15, 0.2) is 0 Å². The van der Waals surface area contributed by atoms with E-state index in [1.54, 1.807) is 0 Å². The number of carbonyl (C=O) groups is 1. The molecule has 0 bridgehead atoms. The fraction of sp³-hybridized carbons (Fsp3) is 0.900. The number of hydrogen-bond donors (Lipinski definition) is 2. The highest BCUT2D eigenvalue weighted by atomic mass is 16.1. The van der Waals surface area contributed by atoms with Crippen LogP contribution in [0.2, 0.25) is 0 Å². The van der Waals surface area contributed by atoms with Crippen LogP contribution in [0.3, 0.4) is 0 Å². The molecule has 0 spiro atoms. The zero-order valence-corrected chi connectivity index (χ0v) is 8.01. The van der Waals surface area contributed by atoms with Crippen LogP contribution < -0.4 is 10.6 Å². The van der Waals surface area contributed by atoms with Crippen molar-refractivity contribution in [3.8, 4) is 0 Å². The Kier molecular flexibility index (Phi) is 2.83. The first kappa shape index (κ1) is 9.00. The van der Waals surface area contributed by atoms with Crippen molar-refractivity contribution in [3.63, 3.8) is 0 Å². The van der Waals surface area contributed by atoms with Gasteiger partial charge in [-0.05, 0) is 32.2 Å². The van der Waals surface area contributed by atoms with E-state index in [0.717, 1.165) is 25.9 Å². The van der Waals surface area contributed by atoms with Crippen molar-refractivity contribution < 1.29 is 4.79 Å². The molecule has 13 heavy (non-hydrogen) atoms. The SMILES string of the molecule is O=C(NC[C@H]1CCCN1)C1CCC1. The topological polar surface area (TPSA) is 41.1 Å². The largest absolute Gasteiger partial charge is 0.354 e. The summed E-state index contributed by atoms with van der Waals surface area (Å²) in [7, 11) is 0. The zero-order chi connectivity index (χ0) is 9.10. The van der Waals surface area contributed by atoms with E-state index in [0.29, 0.717) is 12.0 Å². The van der Waals surface area contributed by atoms with Crippen molar-refractivity contribution in [2.45, 2.75) is 38.1 Å². The highest BCUT2D eigenvalue weighted by molar-refractivity contribution is 5.79. The third-order valence-electron chi connectivity index (χ3n) is 3.16. The van der Waals surface area contributed by atoms with Gasteiger partial charge in [-0.15, -0.1) is 0 Å². The van der Waals surface area contributed by atoms with Crippen molar-refractivity contribution in [2.24, 2.45) is 5.92 Å². The number of nitrogens with one attached hydrogen (secondary N) is 2. The standard InChI is InChI=1S/C10H18N2O/c13-10(8-3-1-4-8)12-7-9-5-2-6-11-9/h8-9,11H,1-7H2,(H,12,13)/t9-/m1/s1. The summed E-state index contributed by atoms with van der Waals surface area (Å²) in [4.78, 5) is 11.4. The van der Waals surface area contributed by atoms with Crippen LogP contribution in [0.5, 0.6) is 0 Å². The summed E-state index contributed by atoms with van der Waals surface area (Å²) in [6.07, 6.45) is 5.91. The van der Waals surface area contributed by atoms with Crippen LogP contribution >= 0.6 is 0 Å². The fourth-order valence-electron chi connectivity index (χ4n) is 1.97. The first-order chi connectivity index (χ1) is 6.36. The molecule has 2 N–H and O–H groups in total. The van der Waals surface area contributed by atoms with E-state index >= 15 is 0 Å². The lowest BCUT2D eigenvalue weighted by Gasteiger charge is -2.24. The summed E-state index contributed by atoms with van der Waals surface area (Å²) < 4.78 is 0. The molecule has 0 radical (unpaired) electrons. The van der Waals surface area contributed by atoms with Gasteiger partial charge >= 0.3 is 0 Å². The molecule has 0 unspecified atom stereocenters. The Labute approximate surface area is 79.3 Å². The maximum absolute atomic E-state index is 11.4. The number of rotatable bonds is 3. The predicted octanol–water partition coefficient (Wildman–Crippen LogP) is 0.655. The second kappa shape index (κ2) is 4.09. The quantitative estimate of drug-likeness (QED) is 0.673. The van der Waals surface area contributed by atoms with Crippen LogP contribution in [0.25, 0.3) is 0 Å². The maximum atomic E-state index is 11.4. The van der Waals surface area contributed by atoms with E-state index in [9.17, 15) is 4.79 Å². The Balaban J connectivity index is 1.63. The molecule has 1 aliphatic heterocycles. The number of amides is 1. The van der Waals surface area contributed by atoms with Crippen LogP contribution in [0.4, 0.5) is 0 Å². The lowest BCUT2D eigenvalue weighted by molar-refractivity contribution is -0.127. The minimum absolute atomic E-state index is 0.278. The normalized spacial score (nSPS) is 28.5. The van der Waals surface area contributed by atoms with Gasteiger partial charge in [0.1, 0.15) is 0 Å². The van der Waals surface area contributed by atoms with Gasteiger partial charge in [0.15, 0.2) is 0 Å². The highest BCUT2D eigenvalue weighted by Crippen LogP contribution is 2.26. The van der Waals surface area contributed by atoms with Crippen LogP contribution in [0.1, 0.15) is 32.1 Å². The van der Waals surface area contributed by atoms with E-state index in [4.69, 9.17) is 0 Å². The number of carbonyl (C=O) groups excluding carboxylic acids is 1. The molecule has 3 nitrogen and oxygen atoms in total. The summed E-state index contributed by atoms with van der Waals surface area (Å²) in [5, 5.41) is 6.40. The van der Waals surface area contributed by atoms with Crippen LogP contribution in [-0.4, -0.2) is 25.0 Å². The van der Waals surface area contributed by atoms with E-state index in [1.165, 1.54) is 19.3 Å². The van der Waals surface area contributed by atoms with Crippen molar-refractivity contribution in [1.82, 2.24) is 10.6 Å². The number of hydrogen-bond acceptors (Lipinski definition) is 2. The Morgan fingerprint density at radius 2 is 2.15 bits per heavy atom. The molecule has 1 saturated heterocycles. The predicted molar refractivity (Wildman–Crippen MR) is 51.4 cm³/mol. The molecule has 0 aromatic carbocycles. The molecule has 0 aromatic rings. The fourth-order valence-corrected chi connectivity index (χ4v) is 1.97. The van der Waals surface area contributed by atoms with E-state index in [-0.39, 0.29) is 5.91 Å². The minimum atomic E-state index is 0.278. The lowest BCUT2D eigenvalue weighted by Crippen LogP contribution is -2.41. The van der Waals surface area contributed by atoms with Gasteiger partial charge in [-0.3, -0.25) is 4.79 Å². The van der Waals surface area contributed by atoms with Gasteiger partial charge in [0.05, 0.1) is 0 Å². The molecule has 1 saturated carbocycles. The summed E-state index contributed by atoms with van der Waals surface area (Å²) >= 11 is 0. The molecule has 3 heteroatoms. The average molecular weight is 182 g/mol. The van der Waals surface area contributed by atoms with Gasteiger partial charge in [0.25, 0.3) is 0 Å². The van der Waals surface area contributed by atoms with Crippen LogP contribution in [-0.2, 0) is 4.79 Å². The Hall–Kier alpha value is -0.570. The lowest BCUT2D eigenvalue weighted by atomic mass is 9.85. The average Bonchev–Trinajstić information content (AvgIpc) is 2.49. The smallest absolute Gasteiger partial charge is 0.223 e. The molecule has 2 aliphatic rings. The molecule has 1 heterocycles. The van der Waals surface area contributed by atoms with Gasteiger partial charge in [0, 0.05) is 18.5 Å². The summed E-state index contributed by atoms with van der Waals surface area (Å²) in [5.41, 5.74) is 0. The summed E-state index contributed by atoms with van der Waals surface area (Å²) in [6.45, 7) is 1.94. The van der Waals surface area contributed by atoms with Crippen molar-refractivity contribution in [3.05, 3.63) is 0 Å². The summed E-state index contributed by atoms with van der Waals surface area (Å²) in [5.74, 6) is 0.612. The van der Waals surface area contributed by atoms with Crippen molar-refractivity contribution in [2.75, 3.05) is 13.1 Å². The first-order valence-electron chi connectivity index (χ1n) is 5.37. The van der Waals surface area contributed by atoms with E-state index in [1.807, 2.05) is 0 Å². The van der Waals surface area contributed by atoms with Gasteiger partial charge in [0.2, 0.25) is 5.91 Å². The Morgan fingerprint density at radius 3 is 2.69 bits per heavy atom. The monoisotopic (exact) mass is 182 g/mol. The zero-order valence-electron chi connectivity index (χ0n) is 8.01. The molecular weight excluding hydrogens is 164 g/mol. The maximum Gasteiger partial charge on any atom is 0.223 e. The first-order valence-corrected chi connectivity index (χ1v) is 5.37. The molecule has 2 fully saturated rings. The third kappa shape index (κ3) is 2.21. The second-order valence-corrected chi connectivity index (χ2v) is 4.17. The molecular formula is C10H18N2O. The molecule has 2 rings (SSSR count). The van der Waals surface area contributed by atoms with E-state index in [2.05, 4.69) is 10.6 Å². The van der Waals surface area contributed by atoms with Gasteiger partial charge in [-0.2, -0.15) is 0 Å². The van der Waals surface area contributed by atoms with Crippen LogP contribution in [0, 0.1) is 5.92 Å². The van der Waals surface area contributed by atoms with Gasteiger partial charge < -0.3 is 10.6 Å². The molecule has 74 valence electrons. The van der Waals surface area contributed by atoms with Crippen molar-refractivity contribution in [1.29, 1.82) is 0 Å².